The molecule has 0 N–H and O–H groups in total. The monoisotopic (exact) mass is 319 g/mol. The molecule has 0 bridgehead atoms. The Balaban J connectivity index is 1.56. The van der Waals surface area contributed by atoms with E-state index in [-0.39, 0.29) is 5.91 Å². The summed E-state index contributed by atoms with van der Waals surface area (Å²) in [6.45, 7) is 6.29. The largest absolute Gasteiger partial charge is 0.336 e. The van der Waals surface area contributed by atoms with Crippen LogP contribution in [0.2, 0.25) is 0 Å². The first-order valence-corrected chi connectivity index (χ1v) is 8.23. The van der Waals surface area contributed by atoms with E-state index in [4.69, 9.17) is 5.26 Å². The predicted octanol–water partition coefficient (Wildman–Crippen LogP) is 2.82. The number of hydrogen-bond acceptors (Lipinski definition) is 3. The van der Waals surface area contributed by atoms with E-state index in [0.717, 1.165) is 32.7 Å². The number of benzene rings is 2. The summed E-state index contributed by atoms with van der Waals surface area (Å²) in [4.78, 5) is 16.8. The molecule has 1 saturated heterocycles. The van der Waals surface area contributed by atoms with Crippen molar-refractivity contribution in [1.29, 1.82) is 5.26 Å². The minimum Gasteiger partial charge on any atom is -0.336 e. The summed E-state index contributed by atoms with van der Waals surface area (Å²) in [7, 11) is 0. The van der Waals surface area contributed by atoms with Crippen molar-refractivity contribution in [2.24, 2.45) is 0 Å². The fourth-order valence-electron chi connectivity index (χ4n) is 3.05. The van der Waals surface area contributed by atoms with E-state index in [9.17, 15) is 4.79 Å². The zero-order valence-corrected chi connectivity index (χ0v) is 13.9. The number of carbonyl (C=O) groups is 1. The molecule has 1 heterocycles. The van der Waals surface area contributed by atoms with Gasteiger partial charge in [-0.05, 0) is 36.8 Å². The van der Waals surface area contributed by atoms with Gasteiger partial charge >= 0.3 is 0 Å². The molecule has 2 aromatic carbocycles. The quantitative estimate of drug-likeness (QED) is 0.874. The molecule has 2 aromatic rings. The van der Waals surface area contributed by atoms with Crippen LogP contribution in [-0.2, 0) is 6.54 Å². The summed E-state index contributed by atoms with van der Waals surface area (Å²) in [5, 5.41) is 8.83. The van der Waals surface area contributed by atoms with Crippen LogP contribution >= 0.6 is 0 Å². The van der Waals surface area contributed by atoms with Gasteiger partial charge < -0.3 is 4.90 Å². The topological polar surface area (TPSA) is 47.3 Å². The van der Waals surface area contributed by atoms with Crippen molar-refractivity contribution < 1.29 is 4.79 Å². The van der Waals surface area contributed by atoms with Crippen molar-refractivity contribution in [3.63, 3.8) is 0 Å². The van der Waals surface area contributed by atoms with Gasteiger partial charge in [0.05, 0.1) is 11.6 Å². The van der Waals surface area contributed by atoms with Gasteiger partial charge in [-0.15, -0.1) is 0 Å². The molecule has 24 heavy (non-hydrogen) atoms. The fraction of sp³-hybridized carbons (Fsp3) is 0.300. The Kier molecular flexibility index (Phi) is 4.93. The fourth-order valence-corrected chi connectivity index (χ4v) is 3.05. The van der Waals surface area contributed by atoms with Crippen molar-refractivity contribution in [2.75, 3.05) is 26.2 Å². The Labute approximate surface area is 142 Å². The molecule has 0 aliphatic carbocycles. The molecule has 122 valence electrons. The molecule has 0 radical (unpaired) electrons. The Morgan fingerprint density at radius 3 is 2.42 bits per heavy atom. The maximum atomic E-state index is 12.5. The molecule has 1 aliphatic heterocycles. The molecule has 4 heteroatoms. The van der Waals surface area contributed by atoms with Crippen LogP contribution in [-0.4, -0.2) is 41.9 Å². The third-order valence-electron chi connectivity index (χ3n) is 4.41. The lowest BCUT2D eigenvalue weighted by molar-refractivity contribution is 0.0628. The molecule has 1 aliphatic rings. The number of rotatable bonds is 3. The number of nitrogens with zero attached hydrogens (tertiary/aromatic N) is 3. The Morgan fingerprint density at radius 1 is 1.08 bits per heavy atom. The molecule has 0 aromatic heterocycles. The Hall–Kier alpha value is -2.64. The van der Waals surface area contributed by atoms with Crippen LogP contribution in [0.15, 0.2) is 48.5 Å². The van der Waals surface area contributed by atoms with Crippen LogP contribution in [0.4, 0.5) is 0 Å². The third-order valence-corrected chi connectivity index (χ3v) is 4.41. The molecular weight excluding hydrogens is 298 g/mol. The molecule has 1 fully saturated rings. The van der Waals surface area contributed by atoms with Crippen molar-refractivity contribution in [1.82, 2.24) is 9.80 Å². The van der Waals surface area contributed by atoms with E-state index >= 15 is 0 Å². The summed E-state index contributed by atoms with van der Waals surface area (Å²) in [6.07, 6.45) is 0. The van der Waals surface area contributed by atoms with Gasteiger partial charge in [-0.1, -0.05) is 29.8 Å². The SMILES string of the molecule is Cc1cccc(CN2CCN(C(=O)c3ccc(C#N)cc3)CC2)c1. The van der Waals surface area contributed by atoms with Gasteiger partial charge in [0.2, 0.25) is 0 Å². The maximum Gasteiger partial charge on any atom is 0.253 e. The second-order valence-corrected chi connectivity index (χ2v) is 6.25. The lowest BCUT2D eigenvalue weighted by Gasteiger charge is -2.34. The highest BCUT2D eigenvalue weighted by Crippen LogP contribution is 2.13. The van der Waals surface area contributed by atoms with Crippen LogP contribution in [0.5, 0.6) is 0 Å². The van der Waals surface area contributed by atoms with Gasteiger partial charge in [-0.25, -0.2) is 0 Å². The standard InChI is InChI=1S/C20H21N3O/c1-16-3-2-4-18(13-16)15-22-9-11-23(12-10-22)20(24)19-7-5-17(14-21)6-8-19/h2-8,13H,9-12,15H2,1H3. The Morgan fingerprint density at radius 2 is 1.79 bits per heavy atom. The molecule has 0 saturated carbocycles. The average Bonchev–Trinajstić information content (AvgIpc) is 2.62. The molecule has 1 amide bonds. The minimum atomic E-state index is 0.0506. The number of piperazine rings is 1. The molecular formula is C20H21N3O. The van der Waals surface area contributed by atoms with Crippen molar-refractivity contribution in [2.45, 2.75) is 13.5 Å². The normalized spacial score (nSPS) is 15.1. The van der Waals surface area contributed by atoms with E-state index in [1.807, 2.05) is 4.90 Å². The first-order chi connectivity index (χ1) is 11.7. The van der Waals surface area contributed by atoms with Crippen LogP contribution in [0.25, 0.3) is 0 Å². The maximum absolute atomic E-state index is 12.5. The molecule has 3 rings (SSSR count). The van der Waals surface area contributed by atoms with Gasteiger partial charge in [-0.2, -0.15) is 5.26 Å². The second-order valence-electron chi connectivity index (χ2n) is 6.25. The smallest absolute Gasteiger partial charge is 0.253 e. The first-order valence-electron chi connectivity index (χ1n) is 8.23. The lowest BCUT2D eigenvalue weighted by atomic mass is 10.1. The third kappa shape index (κ3) is 3.81. The van der Waals surface area contributed by atoms with E-state index in [0.29, 0.717) is 11.1 Å². The number of carbonyl (C=O) groups excluding carboxylic acids is 1. The van der Waals surface area contributed by atoms with Crippen molar-refractivity contribution in [3.05, 3.63) is 70.8 Å². The van der Waals surface area contributed by atoms with Crippen LogP contribution in [0.3, 0.4) is 0 Å². The molecule has 4 nitrogen and oxygen atoms in total. The summed E-state index contributed by atoms with van der Waals surface area (Å²) in [5.41, 5.74) is 3.83. The summed E-state index contributed by atoms with van der Waals surface area (Å²) in [5.74, 6) is 0.0506. The highest BCUT2D eigenvalue weighted by Gasteiger charge is 2.22. The first kappa shape index (κ1) is 16.2. The average molecular weight is 319 g/mol. The van der Waals surface area contributed by atoms with Gasteiger partial charge in [0.15, 0.2) is 0 Å². The summed E-state index contributed by atoms with van der Waals surface area (Å²) in [6, 6.07) is 17.5. The van der Waals surface area contributed by atoms with Gasteiger partial charge in [-0.3, -0.25) is 9.69 Å². The summed E-state index contributed by atoms with van der Waals surface area (Å²) < 4.78 is 0. The van der Waals surface area contributed by atoms with Crippen LogP contribution in [0, 0.1) is 18.3 Å². The summed E-state index contributed by atoms with van der Waals surface area (Å²) >= 11 is 0. The Bertz CT molecular complexity index is 753. The predicted molar refractivity (Wildman–Crippen MR) is 93.5 cm³/mol. The number of nitriles is 1. The van der Waals surface area contributed by atoms with Crippen LogP contribution < -0.4 is 0 Å². The van der Waals surface area contributed by atoms with Gasteiger partial charge in [0.25, 0.3) is 5.91 Å². The zero-order valence-electron chi connectivity index (χ0n) is 13.9. The van der Waals surface area contributed by atoms with Crippen molar-refractivity contribution >= 4 is 5.91 Å². The van der Waals surface area contributed by atoms with E-state index in [2.05, 4.69) is 42.2 Å². The lowest BCUT2D eigenvalue weighted by Crippen LogP contribution is -2.48. The van der Waals surface area contributed by atoms with Gasteiger partial charge in [0, 0.05) is 38.3 Å². The number of amides is 1. The second kappa shape index (κ2) is 7.29. The highest BCUT2D eigenvalue weighted by atomic mass is 16.2. The van der Waals surface area contributed by atoms with Crippen molar-refractivity contribution in [3.8, 4) is 6.07 Å². The molecule has 0 spiro atoms. The van der Waals surface area contributed by atoms with E-state index < -0.39 is 0 Å². The number of hydrogen-bond donors (Lipinski definition) is 0. The van der Waals surface area contributed by atoms with E-state index in [1.165, 1.54) is 11.1 Å². The zero-order chi connectivity index (χ0) is 16.9. The van der Waals surface area contributed by atoms with Gasteiger partial charge in [0.1, 0.15) is 0 Å². The molecule has 0 atom stereocenters. The minimum absolute atomic E-state index is 0.0506. The van der Waals surface area contributed by atoms with E-state index in [1.54, 1.807) is 24.3 Å². The molecule has 0 unspecified atom stereocenters. The number of aryl methyl sites for hydroxylation is 1. The van der Waals surface area contributed by atoms with Crippen LogP contribution in [0.1, 0.15) is 27.0 Å². The highest BCUT2D eigenvalue weighted by molar-refractivity contribution is 5.94.